The molecular formula is C19H31IN4O2. The van der Waals surface area contributed by atoms with Gasteiger partial charge in [0, 0.05) is 53.0 Å². The van der Waals surface area contributed by atoms with Crippen LogP contribution in [0.1, 0.15) is 31.7 Å². The molecule has 146 valence electrons. The third-order valence-electron chi connectivity index (χ3n) is 4.48. The summed E-state index contributed by atoms with van der Waals surface area (Å²) in [6.07, 6.45) is 3.49. The van der Waals surface area contributed by atoms with Crippen molar-refractivity contribution in [3.05, 3.63) is 29.8 Å². The zero-order valence-corrected chi connectivity index (χ0v) is 18.3. The average Bonchev–Trinajstić information content (AvgIpc) is 2.61. The fourth-order valence-corrected chi connectivity index (χ4v) is 3.05. The Bertz CT molecular complexity index is 589. The quantitative estimate of drug-likeness (QED) is 0.378. The van der Waals surface area contributed by atoms with Crippen molar-refractivity contribution in [1.29, 1.82) is 0 Å². The van der Waals surface area contributed by atoms with Gasteiger partial charge >= 0.3 is 0 Å². The molecule has 0 unspecified atom stereocenters. The number of hydrogen-bond acceptors (Lipinski definition) is 3. The SMILES string of the molecule is CN=C(NCc1cccc(NC(C)=O)c1)N(C)CCC1CCOCC1.I. The van der Waals surface area contributed by atoms with Crippen LogP contribution in [0.15, 0.2) is 29.3 Å². The number of amides is 1. The zero-order chi connectivity index (χ0) is 18.1. The molecule has 2 rings (SSSR count). The molecule has 0 atom stereocenters. The summed E-state index contributed by atoms with van der Waals surface area (Å²) in [5.41, 5.74) is 1.92. The van der Waals surface area contributed by atoms with Gasteiger partial charge in [0.25, 0.3) is 0 Å². The van der Waals surface area contributed by atoms with Crippen molar-refractivity contribution in [2.45, 2.75) is 32.7 Å². The molecule has 1 aromatic rings. The van der Waals surface area contributed by atoms with Crippen LogP contribution in [-0.4, -0.2) is 50.6 Å². The fraction of sp³-hybridized carbons (Fsp3) is 0.579. The number of guanidine groups is 1. The predicted molar refractivity (Wildman–Crippen MR) is 117 cm³/mol. The van der Waals surface area contributed by atoms with Gasteiger partial charge in [0.1, 0.15) is 0 Å². The highest BCUT2D eigenvalue weighted by atomic mass is 127. The monoisotopic (exact) mass is 474 g/mol. The van der Waals surface area contributed by atoms with Crippen LogP contribution in [0, 0.1) is 5.92 Å². The molecule has 1 amide bonds. The van der Waals surface area contributed by atoms with E-state index in [2.05, 4.69) is 27.6 Å². The Labute approximate surface area is 173 Å². The minimum atomic E-state index is -0.0613. The summed E-state index contributed by atoms with van der Waals surface area (Å²) < 4.78 is 5.42. The van der Waals surface area contributed by atoms with E-state index in [1.165, 1.54) is 13.3 Å². The second-order valence-corrected chi connectivity index (χ2v) is 6.55. The summed E-state index contributed by atoms with van der Waals surface area (Å²) in [4.78, 5) is 17.7. The Morgan fingerprint density at radius 1 is 1.35 bits per heavy atom. The minimum absolute atomic E-state index is 0. The van der Waals surface area contributed by atoms with Gasteiger partial charge in [-0.15, -0.1) is 24.0 Å². The summed E-state index contributed by atoms with van der Waals surface area (Å²) in [6, 6.07) is 7.84. The second-order valence-electron chi connectivity index (χ2n) is 6.55. The van der Waals surface area contributed by atoms with Crippen molar-refractivity contribution in [3.8, 4) is 0 Å². The van der Waals surface area contributed by atoms with Crippen molar-refractivity contribution in [3.63, 3.8) is 0 Å². The maximum absolute atomic E-state index is 11.2. The van der Waals surface area contributed by atoms with E-state index < -0.39 is 0 Å². The number of halogens is 1. The molecule has 0 bridgehead atoms. The topological polar surface area (TPSA) is 66.0 Å². The number of hydrogen-bond donors (Lipinski definition) is 2. The van der Waals surface area contributed by atoms with Crippen LogP contribution < -0.4 is 10.6 Å². The molecule has 0 aliphatic carbocycles. The van der Waals surface area contributed by atoms with E-state index in [9.17, 15) is 4.79 Å². The molecule has 6 nitrogen and oxygen atoms in total. The van der Waals surface area contributed by atoms with Gasteiger partial charge in [0.15, 0.2) is 5.96 Å². The van der Waals surface area contributed by atoms with Gasteiger partial charge in [-0.25, -0.2) is 0 Å². The first-order valence-corrected chi connectivity index (χ1v) is 8.94. The van der Waals surface area contributed by atoms with Crippen LogP contribution >= 0.6 is 24.0 Å². The Kier molecular flexibility index (Phi) is 10.6. The first-order chi connectivity index (χ1) is 12.1. The normalized spacial score (nSPS) is 15.1. The zero-order valence-electron chi connectivity index (χ0n) is 16.0. The number of anilines is 1. The van der Waals surface area contributed by atoms with E-state index >= 15 is 0 Å². The van der Waals surface area contributed by atoms with Crippen molar-refractivity contribution in [1.82, 2.24) is 10.2 Å². The number of aliphatic imine (C=N–C) groups is 1. The van der Waals surface area contributed by atoms with E-state index in [1.54, 1.807) is 7.05 Å². The van der Waals surface area contributed by atoms with Crippen LogP contribution in [0.2, 0.25) is 0 Å². The Balaban J connectivity index is 0.00000338. The predicted octanol–water partition coefficient (Wildman–Crippen LogP) is 3.09. The van der Waals surface area contributed by atoms with Crippen LogP contribution in [0.4, 0.5) is 5.69 Å². The summed E-state index contributed by atoms with van der Waals surface area (Å²) in [7, 11) is 3.88. The second kappa shape index (κ2) is 12.1. The van der Waals surface area contributed by atoms with Gasteiger partial charge in [0.05, 0.1) is 0 Å². The molecule has 7 heteroatoms. The average molecular weight is 474 g/mol. The van der Waals surface area contributed by atoms with Gasteiger partial charge in [-0.05, 0) is 42.9 Å². The summed E-state index contributed by atoms with van der Waals surface area (Å²) in [6.45, 7) is 4.95. The number of benzene rings is 1. The highest BCUT2D eigenvalue weighted by Gasteiger charge is 2.15. The van der Waals surface area contributed by atoms with Crippen molar-refractivity contribution in [2.75, 3.05) is 39.2 Å². The first kappa shape index (κ1) is 22.7. The van der Waals surface area contributed by atoms with Crippen LogP contribution in [0.3, 0.4) is 0 Å². The molecule has 1 aromatic carbocycles. The maximum atomic E-state index is 11.2. The largest absolute Gasteiger partial charge is 0.381 e. The first-order valence-electron chi connectivity index (χ1n) is 8.94. The van der Waals surface area contributed by atoms with Gasteiger partial charge in [-0.3, -0.25) is 9.79 Å². The number of rotatable bonds is 6. The molecule has 1 fully saturated rings. The lowest BCUT2D eigenvalue weighted by Gasteiger charge is -2.27. The fourth-order valence-electron chi connectivity index (χ4n) is 3.05. The lowest BCUT2D eigenvalue weighted by molar-refractivity contribution is -0.114. The molecule has 0 saturated carbocycles. The van der Waals surface area contributed by atoms with Crippen LogP contribution in [-0.2, 0) is 16.1 Å². The molecule has 0 aromatic heterocycles. The van der Waals surface area contributed by atoms with Crippen molar-refractivity contribution >= 4 is 41.5 Å². The lowest BCUT2D eigenvalue weighted by Crippen LogP contribution is -2.39. The number of nitrogens with zero attached hydrogens (tertiary/aromatic N) is 2. The van der Waals surface area contributed by atoms with Gasteiger partial charge < -0.3 is 20.3 Å². The third kappa shape index (κ3) is 7.90. The van der Waals surface area contributed by atoms with E-state index in [4.69, 9.17) is 4.74 Å². The standard InChI is InChI=1S/C19H30N4O2.HI/c1-15(24)22-18-6-4-5-17(13-18)14-21-19(20-2)23(3)10-7-16-8-11-25-12-9-16;/h4-6,13,16H,7-12,14H2,1-3H3,(H,20,21)(H,22,24);1H. The third-order valence-corrected chi connectivity index (χ3v) is 4.48. The molecule has 0 radical (unpaired) electrons. The summed E-state index contributed by atoms with van der Waals surface area (Å²) >= 11 is 0. The summed E-state index contributed by atoms with van der Waals surface area (Å²) in [5, 5.41) is 6.20. The highest BCUT2D eigenvalue weighted by molar-refractivity contribution is 14.0. The molecule has 0 spiro atoms. The van der Waals surface area contributed by atoms with Crippen molar-refractivity contribution in [2.24, 2.45) is 10.9 Å². The van der Waals surface area contributed by atoms with E-state index in [0.29, 0.717) is 6.54 Å². The molecular weight excluding hydrogens is 443 g/mol. The Morgan fingerprint density at radius 3 is 2.73 bits per heavy atom. The number of ether oxygens (including phenoxy) is 1. The highest BCUT2D eigenvalue weighted by Crippen LogP contribution is 2.18. The van der Waals surface area contributed by atoms with Gasteiger partial charge in [-0.2, -0.15) is 0 Å². The van der Waals surface area contributed by atoms with E-state index in [-0.39, 0.29) is 29.9 Å². The lowest BCUT2D eigenvalue weighted by atomic mass is 9.96. The number of nitrogens with one attached hydrogen (secondary N) is 2. The summed E-state index contributed by atoms with van der Waals surface area (Å²) in [5.74, 6) is 1.58. The minimum Gasteiger partial charge on any atom is -0.381 e. The molecule has 2 N–H and O–H groups in total. The van der Waals surface area contributed by atoms with E-state index in [1.807, 2.05) is 24.3 Å². The molecule has 1 saturated heterocycles. The smallest absolute Gasteiger partial charge is 0.221 e. The van der Waals surface area contributed by atoms with Gasteiger partial charge in [0.2, 0.25) is 5.91 Å². The number of carbonyl (C=O) groups excluding carboxylic acids is 1. The van der Waals surface area contributed by atoms with E-state index in [0.717, 1.165) is 55.7 Å². The molecule has 1 aliphatic rings. The Morgan fingerprint density at radius 2 is 2.08 bits per heavy atom. The van der Waals surface area contributed by atoms with Crippen LogP contribution in [0.25, 0.3) is 0 Å². The number of carbonyl (C=O) groups is 1. The van der Waals surface area contributed by atoms with Gasteiger partial charge in [-0.1, -0.05) is 12.1 Å². The molecule has 26 heavy (non-hydrogen) atoms. The molecule has 1 aliphatic heterocycles. The maximum Gasteiger partial charge on any atom is 0.221 e. The Hall–Kier alpha value is -1.35. The van der Waals surface area contributed by atoms with Crippen LogP contribution in [0.5, 0.6) is 0 Å². The van der Waals surface area contributed by atoms with Crippen molar-refractivity contribution < 1.29 is 9.53 Å². The molecule has 1 heterocycles.